The van der Waals surface area contributed by atoms with Crippen molar-refractivity contribution in [3.8, 4) is 16.9 Å². The molecule has 19 heavy (non-hydrogen) atoms. The predicted octanol–water partition coefficient (Wildman–Crippen LogP) is 2.30. The number of benzene rings is 1. The molecule has 2 N–H and O–H groups in total. The summed E-state index contributed by atoms with van der Waals surface area (Å²) in [6.07, 6.45) is 3.70. The summed E-state index contributed by atoms with van der Waals surface area (Å²) in [4.78, 5) is 4.35. The number of methoxy groups -OCH3 is 1. The van der Waals surface area contributed by atoms with Crippen LogP contribution in [0.25, 0.3) is 16.8 Å². The van der Waals surface area contributed by atoms with Crippen LogP contribution in [0.15, 0.2) is 36.7 Å². The minimum absolute atomic E-state index is 0.459. The molecule has 0 spiro atoms. The highest BCUT2D eigenvalue weighted by Gasteiger charge is 2.10. The van der Waals surface area contributed by atoms with Crippen LogP contribution in [0.4, 0.5) is 5.82 Å². The summed E-state index contributed by atoms with van der Waals surface area (Å²) in [7, 11) is 1.67. The zero-order chi connectivity index (χ0) is 13.4. The summed E-state index contributed by atoms with van der Waals surface area (Å²) in [6.45, 7) is 2.01. The Labute approximate surface area is 110 Å². The number of fused-ring (bicyclic) bond motifs is 1. The lowest BCUT2D eigenvalue weighted by Gasteiger charge is -2.11. The van der Waals surface area contributed by atoms with Gasteiger partial charge in [-0.1, -0.05) is 18.2 Å². The number of para-hydroxylation sites is 1. The quantitative estimate of drug-likeness (QED) is 0.762. The van der Waals surface area contributed by atoms with Crippen molar-refractivity contribution in [1.82, 2.24) is 14.6 Å². The first-order valence-corrected chi connectivity index (χ1v) is 5.94. The lowest BCUT2D eigenvalue weighted by Crippen LogP contribution is -1.95. The van der Waals surface area contributed by atoms with E-state index in [4.69, 9.17) is 10.5 Å². The third kappa shape index (κ3) is 1.89. The molecule has 0 aliphatic heterocycles. The predicted molar refractivity (Wildman–Crippen MR) is 74.1 cm³/mol. The summed E-state index contributed by atoms with van der Waals surface area (Å²) in [5, 5.41) is 4.17. The third-order valence-corrected chi connectivity index (χ3v) is 3.06. The number of ether oxygens (including phenoxy) is 1. The number of aryl methyl sites for hydroxylation is 1. The molecule has 0 saturated heterocycles. The lowest BCUT2D eigenvalue weighted by atomic mass is 10.0. The smallest absolute Gasteiger partial charge is 0.157 e. The molecule has 96 valence electrons. The van der Waals surface area contributed by atoms with Gasteiger partial charge < -0.3 is 10.5 Å². The van der Waals surface area contributed by atoms with Crippen LogP contribution in [0, 0.1) is 6.92 Å². The van der Waals surface area contributed by atoms with Crippen molar-refractivity contribution in [3.63, 3.8) is 0 Å². The second-order valence-corrected chi connectivity index (χ2v) is 4.37. The van der Waals surface area contributed by atoms with E-state index < -0.39 is 0 Å². The van der Waals surface area contributed by atoms with Crippen LogP contribution in [0.2, 0.25) is 0 Å². The summed E-state index contributed by atoms with van der Waals surface area (Å²) in [5.41, 5.74) is 9.41. The number of rotatable bonds is 2. The van der Waals surface area contributed by atoms with Crippen LogP contribution in [-0.4, -0.2) is 21.7 Å². The molecule has 3 rings (SSSR count). The molecule has 3 aromatic rings. The van der Waals surface area contributed by atoms with E-state index in [1.807, 2.05) is 31.3 Å². The van der Waals surface area contributed by atoms with Crippen LogP contribution in [0.5, 0.6) is 5.75 Å². The van der Waals surface area contributed by atoms with Gasteiger partial charge in [0.1, 0.15) is 11.6 Å². The normalized spacial score (nSPS) is 10.8. The van der Waals surface area contributed by atoms with E-state index in [1.54, 1.807) is 23.9 Å². The monoisotopic (exact) mass is 254 g/mol. The molecular formula is C14H14N4O. The van der Waals surface area contributed by atoms with Crippen molar-refractivity contribution >= 4 is 11.5 Å². The van der Waals surface area contributed by atoms with Gasteiger partial charge in [0.15, 0.2) is 5.65 Å². The van der Waals surface area contributed by atoms with Crippen LogP contribution in [-0.2, 0) is 0 Å². The van der Waals surface area contributed by atoms with Crippen molar-refractivity contribution in [2.45, 2.75) is 6.92 Å². The van der Waals surface area contributed by atoms with Gasteiger partial charge in [-0.2, -0.15) is 0 Å². The Balaban J connectivity index is 2.21. The summed E-state index contributed by atoms with van der Waals surface area (Å²) < 4.78 is 7.14. The molecule has 5 nitrogen and oxygen atoms in total. The highest BCUT2D eigenvalue weighted by molar-refractivity contribution is 5.71. The maximum absolute atomic E-state index is 5.66. The number of nitrogens with two attached hydrogens (primary N) is 1. The number of aromatic nitrogens is 3. The Morgan fingerprint density at radius 2 is 2.16 bits per heavy atom. The van der Waals surface area contributed by atoms with Crippen LogP contribution in [0.1, 0.15) is 5.56 Å². The summed E-state index contributed by atoms with van der Waals surface area (Å²) in [6, 6.07) is 7.74. The van der Waals surface area contributed by atoms with E-state index in [2.05, 4.69) is 10.1 Å². The minimum atomic E-state index is 0.459. The molecule has 0 fully saturated rings. The highest BCUT2D eigenvalue weighted by atomic mass is 16.5. The molecule has 0 amide bonds. The highest BCUT2D eigenvalue weighted by Crippen LogP contribution is 2.32. The Morgan fingerprint density at radius 1 is 1.32 bits per heavy atom. The van der Waals surface area contributed by atoms with E-state index in [9.17, 15) is 0 Å². The van der Waals surface area contributed by atoms with Gasteiger partial charge in [0.25, 0.3) is 0 Å². The van der Waals surface area contributed by atoms with Crippen LogP contribution >= 0.6 is 0 Å². The molecule has 1 aromatic carbocycles. The van der Waals surface area contributed by atoms with Gasteiger partial charge >= 0.3 is 0 Å². The molecule has 0 atom stereocenters. The van der Waals surface area contributed by atoms with Gasteiger partial charge in [0, 0.05) is 29.6 Å². The molecule has 2 heterocycles. The molecule has 0 radical (unpaired) electrons. The topological polar surface area (TPSA) is 65.4 Å². The summed E-state index contributed by atoms with van der Waals surface area (Å²) in [5.74, 6) is 1.31. The van der Waals surface area contributed by atoms with E-state index in [0.717, 1.165) is 28.1 Å². The van der Waals surface area contributed by atoms with Gasteiger partial charge in [-0.15, -0.1) is 5.10 Å². The average Bonchev–Trinajstić information content (AvgIpc) is 2.77. The number of hydrogen-bond donors (Lipinski definition) is 1. The van der Waals surface area contributed by atoms with Crippen molar-refractivity contribution in [2.75, 3.05) is 12.8 Å². The number of anilines is 1. The van der Waals surface area contributed by atoms with Crippen LogP contribution in [0.3, 0.4) is 0 Å². The number of nitrogen functional groups attached to an aromatic ring is 1. The number of hydrogen-bond acceptors (Lipinski definition) is 4. The van der Waals surface area contributed by atoms with Crippen molar-refractivity contribution < 1.29 is 4.74 Å². The van der Waals surface area contributed by atoms with Gasteiger partial charge in [0.2, 0.25) is 0 Å². The van der Waals surface area contributed by atoms with Crippen LogP contribution < -0.4 is 10.5 Å². The molecule has 2 aromatic heterocycles. The Hall–Kier alpha value is -2.56. The maximum atomic E-state index is 5.66. The van der Waals surface area contributed by atoms with E-state index in [-0.39, 0.29) is 0 Å². The standard InChI is InChI=1S/C14H14N4O/c1-9-4-3-5-11(14(9)19-2)10-7-16-13-6-12(15)17-18(13)8-10/h3-8H,1-2H3,(H2,15,17). The van der Waals surface area contributed by atoms with E-state index >= 15 is 0 Å². The SMILES string of the molecule is COc1c(C)cccc1-c1cnc2cc(N)nn2c1. The molecule has 0 bridgehead atoms. The fourth-order valence-electron chi connectivity index (χ4n) is 2.18. The molecular weight excluding hydrogens is 240 g/mol. The van der Waals surface area contributed by atoms with Gasteiger partial charge in [-0.25, -0.2) is 9.50 Å². The van der Waals surface area contributed by atoms with Gasteiger partial charge in [-0.3, -0.25) is 0 Å². The van der Waals surface area contributed by atoms with E-state index in [1.165, 1.54) is 0 Å². The Kier molecular flexibility index (Phi) is 2.59. The second kappa shape index (κ2) is 4.28. The second-order valence-electron chi connectivity index (χ2n) is 4.37. The molecule has 0 aliphatic carbocycles. The molecule has 0 unspecified atom stereocenters. The fraction of sp³-hybridized carbons (Fsp3) is 0.143. The van der Waals surface area contributed by atoms with Gasteiger partial charge in [0.05, 0.1) is 7.11 Å². The fourth-order valence-corrected chi connectivity index (χ4v) is 2.18. The first-order chi connectivity index (χ1) is 9.19. The first-order valence-electron chi connectivity index (χ1n) is 5.94. The van der Waals surface area contributed by atoms with Crippen molar-refractivity contribution in [2.24, 2.45) is 0 Å². The molecule has 0 aliphatic rings. The largest absolute Gasteiger partial charge is 0.496 e. The average molecular weight is 254 g/mol. The number of nitrogens with zero attached hydrogens (tertiary/aromatic N) is 3. The molecule has 0 saturated carbocycles. The first kappa shape index (κ1) is 11.5. The minimum Gasteiger partial charge on any atom is -0.496 e. The maximum Gasteiger partial charge on any atom is 0.157 e. The van der Waals surface area contributed by atoms with Gasteiger partial charge in [-0.05, 0) is 12.5 Å². The summed E-state index contributed by atoms with van der Waals surface area (Å²) >= 11 is 0. The lowest BCUT2D eigenvalue weighted by molar-refractivity contribution is 0.413. The zero-order valence-electron chi connectivity index (χ0n) is 10.8. The Morgan fingerprint density at radius 3 is 2.95 bits per heavy atom. The molecule has 5 heteroatoms. The Bertz CT molecular complexity index is 748. The van der Waals surface area contributed by atoms with E-state index in [0.29, 0.717) is 5.82 Å². The zero-order valence-corrected chi connectivity index (χ0v) is 10.8. The van der Waals surface area contributed by atoms with Crippen molar-refractivity contribution in [3.05, 3.63) is 42.2 Å². The van der Waals surface area contributed by atoms with Crippen molar-refractivity contribution in [1.29, 1.82) is 0 Å². The third-order valence-electron chi connectivity index (χ3n) is 3.06.